The van der Waals surface area contributed by atoms with Crippen molar-refractivity contribution in [1.82, 2.24) is 10.2 Å². The molecule has 17 heavy (non-hydrogen) atoms. The van der Waals surface area contributed by atoms with Crippen molar-refractivity contribution in [3.63, 3.8) is 0 Å². The summed E-state index contributed by atoms with van der Waals surface area (Å²) in [6.07, 6.45) is 1.82. The second-order valence-corrected chi connectivity index (χ2v) is 4.30. The van der Waals surface area contributed by atoms with Crippen LogP contribution in [-0.4, -0.2) is 52.9 Å². The third kappa shape index (κ3) is 3.89. The summed E-state index contributed by atoms with van der Waals surface area (Å²) in [5.41, 5.74) is 0. The van der Waals surface area contributed by atoms with Gasteiger partial charge in [0.15, 0.2) is 0 Å². The summed E-state index contributed by atoms with van der Waals surface area (Å²) in [5.74, 6) is -1.13. The molecule has 0 saturated heterocycles. The van der Waals surface area contributed by atoms with E-state index in [0.717, 1.165) is 0 Å². The lowest BCUT2D eigenvalue weighted by molar-refractivity contribution is -0.141. The van der Waals surface area contributed by atoms with E-state index in [1.54, 1.807) is 0 Å². The molecule has 0 aromatic carbocycles. The number of rotatable bonds is 5. The number of aliphatic hydroxyl groups is 1. The fourth-order valence-electron chi connectivity index (χ4n) is 2.13. The summed E-state index contributed by atoms with van der Waals surface area (Å²) < 4.78 is 0. The number of urea groups is 1. The molecule has 0 aromatic rings. The van der Waals surface area contributed by atoms with Crippen LogP contribution in [0.25, 0.3) is 0 Å². The molecule has 1 saturated carbocycles. The molecule has 1 rings (SSSR count). The van der Waals surface area contributed by atoms with Gasteiger partial charge in [-0.15, -0.1) is 0 Å². The van der Waals surface area contributed by atoms with Crippen molar-refractivity contribution in [3.05, 3.63) is 0 Å². The maximum atomic E-state index is 11.8. The van der Waals surface area contributed by atoms with Crippen LogP contribution in [0.1, 0.15) is 26.2 Å². The van der Waals surface area contributed by atoms with Crippen LogP contribution in [0, 0.1) is 5.92 Å². The smallest absolute Gasteiger partial charge is 0.317 e. The van der Waals surface area contributed by atoms with Crippen molar-refractivity contribution in [1.29, 1.82) is 0 Å². The number of carboxylic acids is 1. The first-order chi connectivity index (χ1) is 8.08. The molecule has 1 aliphatic rings. The molecule has 6 heteroatoms. The van der Waals surface area contributed by atoms with E-state index in [9.17, 15) is 9.59 Å². The van der Waals surface area contributed by atoms with Crippen LogP contribution in [0.3, 0.4) is 0 Å². The Morgan fingerprint density at radius 2 is 2.12 bits per heavy atom. The van der Waals surface area contributed by atoms with Crippen LogP contribution in [0.2, 0.25) is 0 Å². The molecule has 98 valence electrons. The van der Waals surface area contributed by atoms with Crippen molar-refractivity contribution in [2.75, 3.05) is 19.7 Å². The van der Waals surface area contributed by atoms with E-state index in [0.29, 0.717) is 32.4 Å². The highest BCUT2D eigenvalue weighted by Crippen LogP contribution is 2.25. The summed E-state index contributed by atoms with van der Waals surface area (Å²) in [4.78, 5) is 24.0. The highest BCUT2D eigenvalue weighted by atomic mass is 16.4. The summed E-state index contributed by atoms with van der Waals surface area (Å²) in [6, 6.07) is -0.283. The first-order valence-electron chi connectivity index (χ1n) is 5.97. The van der Waals surface area contributed by atoms with Gasteiger partial charge in [0.2, 0.25) is 0 Å². The number of aliphatic carboxylic acids is 1. The maximum Gasteiger partial charge on any atom is 0.317 e. The van der Waals surface area contributed by atoms with Crippen molar-refractivity contribution in [3.8, 4) is 0 Å². The zero-order valence-electron chi connectivity index (χ0n) is 10.1. The topological polar surface area (TPSA) is 89.9 Å². The zero-order valence-corrected chi connectivity index (χ0v) is 10.1. The van der Waals surface area contributed by atoms with Gasteiger partial charge in [0, 0.05) is 19.1 Å². The number of carboxylic acid groups (broad SMARTS) is 1. The Hall–Kier alpha value is -1.30. The lowest BCUT2D eigenvalue weighted by Crippen LogP contribution is -2.45. The van der Waals surface area contributed by atoms with Gasteiger partial charge in [0.25, 0.3) is 0 Å². The number of hydrogen-bond acceptors (Lipinski definition) is 3. The van der Waals surface area contributed by atoms with Crippen LogP contribution in [0.4, 0.5) is 4.79 Å². The van der Waals surface area contributed by atoms with E-state index in [4.69, 9.17) is 10.2 Å². The minimum absolute atomic E-state index is 0.0589. The third-order valence-electron chi connectivity index (χ3n) is 3.15. The highest BCUT2D eigenvalue weighted by molar-refractivity contribution is 5.75. The molecule has 0 aromatic heterocycles. The predicted octanol–water partition coefficient (Wildman–Crippen LogP) is 0.263. The van der Waals surface area contributed by atoms with Crippen LogP contribution < -0.4 is 5.32 Å². The number of aliphatic hydroxyl groups excluding tert-OH is 1. The molecule has 2 amide bonds. The first kappa shape index (κ1) is 13.8. The first-order valence-corrected chi connectivity index (χ1v) is 5.97. The molecular formula is C11H20N2O4. The molecule has 1 aliphatic carbocycles. The van der Waals surface area contributed by atoms with E-state index in [1.807, 2.05) is 6.92 Å². The van der Waals surface area contributed by atoms with Gasteiger partial charge >= 0.3 is 12.0 Å². The van der Waals surface area contributed by atoms with Crippen LogP contribution in [0.5, 0.6) is 0 Å². The number of likely N-dealkylation sites (N-methyl/N-ethyl adjacent to an activating group) is 1. The molecule has 3 N–H and O–H groups in total. The second kappa shape index (κ2) is 6.44. The van der Waals surface area contributed by atoms with Gasteiger partial charge in [-0.1, -0.05) is 0 Å². The quantitative estimate of drug-likeness (QED) is 0.647. The Morgan fingerprint density at radius 1 is 1.41 bits per heavy atom. The monoisotopic (exact) mass is 244 g/mol. The second-order valence-electron chi connectivity index (χ2n) is 4.30. The Balaban J connectivity index is 2.39. The van der Waals surface area contributed by atoms with Crippen molar-refractivity contribution >= 4 is 12.0 Å². The van der Waals surface area contributed by atoms with Gasteiger partial charge in [0.1, 0.15) is 0 Å². The highest BCUT2D eigenvalue weighted by Gasteiger charge is 2.31. The number of hydrogen-bond donors (Lipinski definition) is 3. The van der Waals surface area contributed by atoms with E-state index in [1.165, 1.54) is 4.90 Å². The Labute approximate surface area is 101 Å². The van der Waals surface area contributed by atoms with Crippen molar-refractivity contribution < 1.29 is 19.8 Å². The van der Waals surface area contributed by atoms with E-state index in [2.05, 4.69) is 5.32 Å². The maximum absolute atomic E-state index is 11.8. The molecule has 6 nitrogen and oxygen atoms in total. The number of amides is 2. The number of nitrogens with zero attached hydrogens (tertiary/aromatic N) is 1. The summed E-state index contributed by atoms with van der Waals surface area (Å²) in [5, 5.41) is 20.5. The summed E-state index contributed by atoms with van der Waals surface area (Å²) in [7, 11) is 0. The van der Waals surface area contributed by atoms with Crippen molar-refractivity contribution in [2.45, 2.75) is 32.2 Å². The lowest BCUT2D eigenvalue weighted by Gasteiger charge is -2.22. The van der Waals surface area contributed by atoms with Gasteiger partial charge in [-0.05, 0) is 26.2 Å². The van der Waals surface area contributed by atoms with Gasteiger partial charge in [-0.2, -0.15) is 0 Å². The Kier molecular flexibility index (Phi) is 5.21. The van der Waals surface area contributed by atoms with Gasteiger partial charge in [-0.25, -0.2) is 4.79 Å². The molecule has 0 bridgehead atoms. The molecule has 0 aliphatic heterocycles. The minimum atomic E-state index is -0.788. The summed E-state index contributed by atoms with van der Waals surface area (Å²) in [6.45, 7) is 2.60. The van der Waals surface area contributed by atoms with E-state index in [-0.39, 0.29) is 24.6 Å². The largest absolute Gasteiger partial charge is 0.481 e. The predicted molar refractivity (Wildman–Crippen MR) is 61.6 cm³/mol. The fourth-order valence-corrected chi connectivity index (χ4v) is 2.13. The molecule has 2 unspecified atom stereocenters. The van der Waals surface area contributed by atoms with Gasteiger partial charge in [0.05, 0.1) is 12.5 Å². The third-order valence-corrected chi connectivity index (χ3v) is 3.15. The average molecular weight is 244 g/mol. The van der Waals surface area contributed by atoms with E-state index < -0.39 is 5.97 Å². The molecule has 2 atom stereocenters. The zero-order chi connectivity index (χ0) is 12.8. The standard InChI is InChI=1S/C11H20N2O4/c1-2-13(5-6-14)11(17)12-9-4-3-8(7-9)10(15)16/h8-9,14H,2-7H2,1H3,(H,12,17)(H,15,16). The molecule has 0 heterocycles. The summed E-state index contributed by atoms with van der Waals surface area (Å²) >= 11 is 0. The number of carbonyl (C=O) groups excluding carboxylic acids is 1. The van der Waals surface area contributed by atoms with E-state index >= 15 is 0 Å². The van der Waals surface area contributed by atoms with Crippen LogP contribution >= 0.6 is 0 Å². The number of nitrogens with one attached hydrogen (secondary N) is 1. The SMILES string of the molecule is CCN(CCO)C(=O)NC1CCC(C(=O)O)C1. The Bertz CT molecular complexity index is 283. The molecule has 0 spiro atoms. The fraction of sp³-hybridized carbons (Fsp3) is 0.818. The lowest BCUT2D eigenvalue weighted by atomic mass is 10.1. The molecule has 0 radical (unpaired) electrons. The average Bonchev–Trinajstić information content (AvgIpc) is 2.74. The van der Waals surface area contributed by atoms with Gasteiger partial charge < -0.3 is 20.4 Å². The number of carbonyl (C=O) groups is 2. The normalized spacial score (nSPS) is 23.4. The minimum Gasteiger partial charge on any atom is -0.481 e. The van der Waals surface area contributed by atoms with Crippen molar-refractivity contribution in [2.24, 2.45) is 5.92 Å². The van der Waals surface area contributed by atoms with Crippen LogP contribution in [0.15, 0.2) is 0 Å². The molecule has 1 fully saturated rings. The van der Waals surface area contributed by atoms with Gasteiger partial charge in [-0.3, -0.25) is 4.79 Å². The van der Waals surface area contributed by atoms with Crippen LogP contribution in [-0.2, 0) is 4.79 Å². The Morgan fingerprint density at radius 3 is 2.59 bits per heavy atom. The molecular weight excluding hydrogens is 224 g/mol.